The van der Waals surface area contributed by atoms with Gasteiger partial charge in [0.05, 0.1) is 13.7 Å². The third kappa shape index (κ3) is 6.21. The lowest BCUT2D eigenvalue weighted by atomic mass is 10.2. The van der Waals surface area contributed by atoms with Gasteiger partial charge in [0.15, 0.2) is 11.5 Å². The fourth-order valence-corrected chi connectivity index (χ4v) is 3.34. The Hall–Kier alpha value is -3.59. The van der Waals surface area contributed by atoms with E-state index >= 15 is 0 Å². The summed E-state index contributed by atoms with van der Waals surface area (Å²) in [5, 5.41) is 2.26. The Morgan fingerprint density at radius 2 is 1.75 bits per heavy atom. The number of hydrazine groups is 1. The Bertz CT molecular complexity index is 1070. The van der Waals surface area contributed by atoms with Crippen LogP contribution in [0.5, 0.6) is 17.2 Å². The van der Waals surface area contributed by atoms with Crippen LogP contribution in [0.2, 0.25) is 0 Å². The van der Waals surface area contributed by atoms with E-state index in [4.69, 9.17) is 14.2 Å². The number of benzene rings is 2. The molecule has 1 heterocycles. The van der Waals surface area contributed by atoms with Gasteiger partial charge < -0.3 is 14.2 Å². The zero-order valence-electron chi connectivity index (χ0n) is 18.1. The van der Waals surface area contributed by atoms with E-state index in [2.05, 4.69) is 15.8 Å². The molecule has 2 N–H and O–H groups in total. The van der Waals surface area contributed by atoms with Crippen molar-refractivity contribution in [1.82, 2.24) is 15.8 Å². The first kappa shape index (κ1) is 23.1. The Labute approximate surface area is 190 Å². The summed E-state index contributed by atoms with van der Waals surface area (Å²) in [7, 11) is 1.50. The molecular weight excluding hydrogens is 430 g/mol. The van der Waals surface area contributed by atoms with Gasteiger partial charge in [-0.25, -0.2) is 4.98 Å². The maximum atomic E-state index is 12.4. The maximum Gasteiger partial charge on any atom is 0.289 e. The molecule has 0 aliphatic rings. The number of rotatable bonds is 9. The summed E-state index contributed by atoms with van der Waals surface area (Å²) in [4.78, 5) is 29.0. The summed E-state index contributed by atoms with van der Waals surface area (Å²) >= 11 is 1.30. The van der Waals surface area contributed by atoms with E-state index in [1.54, 1.807) is 23.6 Å². The molecule has 0 unspecified atom stereocenters. The molecule has 0 bridgehead atoms. The van der Waals surface area contributed by atoms with E-state index in [-0.39, 0.29) is 12.3 Å². The van der Waals surface area contributed by atoms with Gasteiger partial charge in [-0.3, -0.25) is 20.4 Å². The SMILES string of the molecule is CCCOc1ccc(C(=O)NNC(=O)c2csc(COc3ccc(C)cc3)n2)cc1OC. The average Bonchev–Trinajstić information content (AvgIpc) is 3.29. The number of nitrogens with one attached hydrogen (secondary N) is 2. The fraction of sp³-hybridized carbons (Fsp3) is 0.261. The summed E-state index contributed by atoms with van der Waals surface area (Å²) < 4.78 is 16.5. The molecule has 0 saturated carbocycles. The normalized spacial score (nSPS) is 10.3. The number of ether oxygens (including phenoxy) is 3. The molecule has 0 atom stereocenters. The number of aromatic nitrogens is 1. The van der Waals surface area contributed by atoms with Crippen molar-refractivity contribution in [3.8, 4) is 17.2 Å². The second-order valence-corrected chi connectivity index (χ2v) is 7.79. The Morgan fingerprint density at radius 3 is 2.47 bits per heavy atom. The molecule has 2 amide bonds. The third-order valence-electron chi connectivity index (χ3n) is 4.34. The number of hydrogen-bond acceptors (Lipinski definition) is 7. The molecule has 0 aliphatic carbocycles. The largest absolute Gasteiger partial charge is 0.493 e. The smallest absolute Gasteiger partial charge is 0.289 e. The van der Waals surface area contributed by atoms with Crippen LogP contribution in [0.3, 0.4) is 0 Å². The first-order valence-corrected chi connectivity index (χ1v) is 10.9. The van der Waals surface area contributed by atoms with Crippen molar-refractivity contribution in [1.29, 1.82) is 0 Å². The number of methoxy groups -OCH3 is 1. The number of hydrogen-bond donors (Lipinski definition) is 2. The molecule has 0 aliphatic heterocycles. The minimum absolute atomic E-state index is 0.193. The summed E-state index contributed by atoms with van der Waals surface area (Å²) in [6.45, 7) is 4.80. The van der Waals surface area contributed by atoms with Crippen LogP contribution in [-0.4, -0.2) is 30.5 Å². The number of carbonyl (C=O) groups is 2. The van der Waals surface area contributed by atoms with Gasteiger partial charge in [0, 0.05) is 10.9 Å². The van der Waals surface area contributed by atoms with Crippen molar-refractivity contribution in [2.75, 3.05) is 13.7 Å². The van der Waals surface area contributed by atoms with Crippen LogP contribution in [0.15, 0.2) is 47.8 Å². The lowest BCUT2D eigenvalue weighted by Crippen LogP contribution is -2.41. The zero-order valence-corrected chi connectivity index (χ0v) is 19.0. The lowest BCUT2D eigenvalue weighted by Gasteiger charge is -2.12. The van der Waals surface area contributed by atoms with E-state index in [0.717, 1.165) is 17.7 Å². The van der Waals surface area contributed by atoms with Gasteiger partial charge in [-0.05, 0) is 43.7 Å². The van der Waals surface area contributed by atoms with Crippen molar-refractivity contribution >= 4 is 23.2 Å². The third-order valence-corrected chi connectivity index (χ3v) is 5.17. The molecule has 0 saturated heterocycles. The number of aryl methyl sites for hydroxylation is 1. The zero-order chi connectivity index (χ0) is 22.9. The molecule has 8 nitrogen and oxygen atoms in total. The molecule has 3 rings (SSSR count). The van der Waals surface area contributed by atoms with E-state index in [0.29, 0.717) is 28.7 Å². The first-order chi connectivity index (χ1) is 15.5. The van der Waals surface area contributed by atoms with E-state index in [9.17, 15) is 9.59 Å². The highest BCUT2D eigenvalue weighted by Gasteiger charge is 2.15. The number of thiazole rings is 1. The van der Waals surface area contributed by atoms with Gasteiger partial charge in [0.25, 0.3) is 11.8 Å². The Morgan fingerprint density at radius 1 is 1.00 bits per heavy atom. The van der Waals surface area contributed by atoms with Crippen LogP contribution in [0.1, 0.15) is 44.8 Å². The first-order valence-electron chi connectivity index (χ1n) is 10.1. The fourth-order valence-electron chi connectivity index (χ4n) is 2.65. The quantitative estimate of drug-likeness (QED) is 0.475. The monoisotopic (exact) mass is 455 g/mol. The molecule has 0 spiro atoms. The highest BCUT2D eigenvalue weighted by Crippen LogP contribution is 2.28. The molecule has 168 valence electrons. The summed E-state index contributed by atoms with van der Waals surface area (Å²) in [5.74, 6) is 0.710. The summed E-state index contributed by atoms with van der Waals surface area (Å²) in [6, 6.07) is 12.5. The average molecular weight is 456 g/mol. The lowest BCUT2D eigenvalue weighted by molar-refractivity contribution is 0.0844. The molecule has 0 radical (unpaired) electrons. The molecule has 32 heavy (non-hydrogen) atoms. The van der Waals surface area contributed by atoms with Gasteiger partial charge in [0.1, 0.15) is 23.1 Å². The summed E-state index contributed by atoms with van der Waals surface area (Å²) in [6.07, 6.45) is 0.855. The van der Waals surface area contributed by atoms with Gasteiger partial charge in [-0.15, -0.1) is 11.3 Å². The molecule has 0 fully saturated rings. The van der Waals surface area contributed by atoms with Crippen LogP contribution in [-0.2, 0) is 6.61 Å². The van der Waals surface area contributed by atoms with Crippen molar-refractivity contribution in [3.05, 3.63) is 69.7 Å². The minimum atomic E-state index is -0.522. The minimum Gasteiger partial charge on any atom is -0.493 e. The van der Waals surface area contributed by atoms with Crippen LogP contribution >= 0.6 is 11.3 Å². The van der Waals surface area contributed by atoms with E-state index in [1.807, 2.05) is 38.1 Å². The van der Waals surface area contributed by atoms with Gasteiger partial charge in [0.2, 0.25) is 0 Å². The van der Waals surface area contributed by atoms with Crippen LogP contribution < -0.4 is 25.1 Å². The Kier molecular flexibility index (Phi) is 8.04. The van der Waals surface area contributed by atoms with Crippen LogP contribution in [0, 0.1) is 6.92 Å². The number of nitrogens with zero attached hydrogens (tertiary/aromatic N) is 1. The van der Waals surface area contributed by atoms with Crippen molar-refractivity contribution in [3.63, 3.8) is 0 Å². The van der Waals surface area contributed by atoms with Gasteiger partial charge in [-0.1, -0.05) is 24.6 Å². The Balaban J connectivity index is 1.53. The topological polar surface area (TPSA) is 98.8 Å². The molecule has 9 heteroatoms. The van der Waals surface area contributed by atoms with E-state index in [1.165, 1.54) is 18.4 Å². The molecular formula is C23H25N3O5S. The van der Waals surface area contributed by atoms with Crippen LogP contribution in [0.25, 0.3) is 0 Å². The predicted molar refractivity (Wildman–Crippen MR) is 121 cm³/mol. The highest BCUT2D eigenvalue weighted by molar-refractivity contribution is 7.09. The van der Waals surface area contributed by atoms with Gasteiger partial charge in [-0.2, -0.15) is 0 Å². The number of carbonyl (C=O) groups excluding carboxylic acids is 2. The standard InChI is InChI=1S/C23H25N3O5S/c1-4-11-30-19-10-7-16(12-20(19)29-3)22(27)25-26-23(28)18-14-32-21(24-18)13-31-17-8-5-15(2)6-9-17/h5-10,12,14H,4,11,13H2,1-3H3,(H,25,27)(H,26,28). The predicted octanol–water partition coefficient (Wildman–Crippen LogP) is 3.90. The van der Waals surface area contributed by atoms with Crippen LogP contribution in [0.4, 0.5) is 0 Å². The molecule has 2 aromatic carbocycles. The van der Waals surface area contributed by atoms with Gasteiger partial charge >= 0.3 is 0 Å². The van der Waals surface area contributed by atoms with Crippen molar-refractivity contribution in [2.24, 2.45) is 0 Å². The highest BCUT2D eigenvalue weighted by atomic mass is 32.1. The summed E-state index contributed by atoms with van der Waals surface area (Å²) in [5.41, 5.74) is 6.41. The van der Waals surface area contributed by atoms with Crippen molar-refractivity contribution in [2.45, 2.75) is 26.9 Å². The second-order valence-electron chi connectivity index (χ2n) is 6.85. The van der Waals surface area contributed by atoms with E-state index < -0.39 is 11.8 Å². The van der Waals surface area contributed by atoms with Crippen molar-refractivity contribution < 1.29 is 23.8 Å². The number of amides is 2. The molecule has 1 aromatic heterocycles. The molecule has 3 aromatic rings. The second kappa shape index (κ2) is 11.1. The maximum absolute atomic E-state index is 12.4.